The number of carbonyl (C=O) groups is 2. The second-order valence-corrected chi connectivity index (χ2v) is 7.16. The van der Waals surface area contributed by atoms with Crippen LogP contribution < -0.4 is 20.1 Å². The van der Waals surface area contributed by atoms with Crippen LogP contribution in [0.5, 0.6) is 11.5 Å². The lowest BCUT2D eigenvalue weighted by molar-refractivity contribution is -0.123. The molecule has 0 fully saturated rings. The Morgan fingerprint density at radius 3 is 2.61 bits per heavy atom. The first-order chi connectivity index (χ1) is 15.0. The molecular formula is C23H24N4O4. The third-order valence-electron chi connectivity index (χ3n) is 5.28. The third kappa shape index (κ3) is 3.84. The number of aromatic nitrogens is 2. The van der Waals surface area contributed by atoms with Crippen LogP contribution >= 0.6 is 0 Å². The summed E-state index contributed by atoms with van der Waals surface area (Å²) in [7, 11) is 3.07. The van der Waals surface area contributed by atoms with Crippen molar-refractivity contribution in [3.63, 3.8) is 0 Å². The van der Waals surface area contributed by atoms with Crippen LogP contribution in [-0.2, 0) is 16.0 Å². The number of carbonyl (C=O) groups excluding carboxylic acids is 2. The van der Waals surface area contributed by atoms with E-state index in [4.69, 9.17) is 9.47 Å². The molecule has 1 aliphatic heterocycles. The van der Waals surface area contributed by atoms with E-state index in [1.54, 1.807) is 30.0 Å². The van der Waals surface area contributed by atoms with Crippen LogP contribution in [0.15, 0.2) is 48.5 Å². The first-order valence-electron chi connectivity index (χ1n) is 10.0. The summed E-state index contributed by atoms with van der Waals surface area (Å²) in [4.78, 5) is 25.5. The lowest BCUT2D eigenvalue weighted by Crippen LogP contribution is -2.24. The minimum atomic E-state index is -0.727. The van der Waals surface area contributed by atoms with Crippen LogP contribution in [0.4, 0.5) is 11.5 Å². The molecule has 3 aromatic rings. The highest BCUT2D eigenvalue weighted by Crippen LogP contribution is 2.39. The number of nitrogens with zero attached hydrogens (tertiary/aromatic N) is 2. The third-order valence-corrected chi connectivity index (χ3v) is 5.28. The second-order valence-electron chi connectivity index (χ2n) is 7.16. The number of amides is 2. The topological polar surface area (TPSA) is 94.5 Å². The molecule has 0 saturated carbocycles. The summed E-state index contributed by atoms with van der Waals surface area (Å²) in [5, 5.41) is 10.4. The van der Waals surface area contributed by atoms with Crippen LogP contribution in [0.25, 0.3) is 11.1 Å². The van der Waals surface area contributed by atoms with Gasteiger partial charge in [-0.3, -0.25) is 9.59 Å². The normalized spacial score (nSPS) is 14.7. The Labute approximate surface area is 180 Å². The number of anilines is 2. The van der Waals surface area contributed by atoms with Crippen LogP contribution in [0, 0.1) is 0 Å². The van der Waals surface area contributed by atoms with Gasteiger partial charge in [0.15, 0.2) is 0 Å². The van der Waals surface area contributed by atoms with Crippen molar-refractivity contribution in [2.75, 3.05) is 24.9 Å². The van der Waals surface area contributed by atoms with Gasteiger partial charge in [-0.25, -0.2) is 4.68 Å². The fourth-order valence-corrected chi connectivity index (χ4v) is 3.76. The quantitative estimate of drug-likeness (QED) is 0.608. The Kier molecular flexibility index (Phi) is 5.62. The molecule has 1 aliphatic rings. The monoisotopic (exact) mass is 420 g/mol. The summed E-state index contributed by atoms with van der Waals surface area (Å²) < 4.78 is 12.2. The first kappa shape index (κ1) is 20.5. The molecule has 0 radical (unpaired) electrons. The highest BCUT2D eigenvalue weighted by atomic mass is 16.5. The van der Waals surface area contributed by atoms with Gasteiger partial charge < -0.3 is 20.1 Å². The first-order valence-corrected chi connectivity index (χ1v) is 10.0. The fraction of sp³-hybridized carbons (Fsp3) is 0.261. The van der Waals surface area contributed by atoms with Gasteiger partial charge in [0.25, 0.3) is 5.91 Å². The molecule has 1 unspecified atom stereocenters. The molecule has 8 nitrogen and oxygen atoms in total. The van der Waals surface area contributed by atoms with Crippen molar-refractivity contribution in [1.29, 1.82) is 0 Å². The van der Waals surface area contributed by atoms with Gasteiger partial charge in [0.2, 0.25) is 5.91 Å². The molecular weight excluding hydrogens is 396 g/mol. The van der Waals surface area contributed by atoms with E-state index < -0.39 is 6.04 Å². The summed E-state index contributed by atoms with van der Waals surface area (Å²) in [5.41, 5.74) is 3.23. The van der Waals surface area contributed by atoms with Gasteiger partial charge in [-0.15, -0.1) is 0 Å². The number of methoxy groups -OCH3 is 2. The molecule has 31 heavy (non-hydrogen) atoms. The number of hydrogen-bond acceptors (Lipinski definition) is 5. The zero-order valence-electron chi connectivity index (χ0n) is 17.6. The van der Waals surface area contributed by atoms with Crippen molar-refractivity contribution in [2.24, 2.45) is 0 Å². The second kappa shape index (κ2) is 8.51. The van der Waals surface area contributed by atoms with Gasteiger partial charge in [-0.2, -0.15) is 5.10 Å². The summed E-state index contributed by atoms with van der Waals surface area (Å²) in [5.74, 6) is 1.14. The molecule has 0 aliphatic carbocycles. The maximum atomic E-state index is 12.8. The number of hydrogen-bond donors (Lipinski definition) is 2. The van der Waals surface area contributed by atoms with Gasteiger partial charge in [0.1, 0.15) is 23.4 Å². The highest BCUT2D eigenvalue weighted by Gasteiger charge is 2.36. The molecule has 2 aromatic carbocycles. The molecule has 2 heterocycles. The lowest BCUT2D eigenvalue weighted by Gasteiger charge is -2.13. The van der Waals surface area contributed by atoms with Crippen molar-refractivity contribution in [1.82, 2.24) is 9.78 Å². The molecule has 0 bridgehead atoms. The summed E-state index contributed by atoms with van der Waals surface area (Å²) in [6.45, 7) is 2.02. The predicted octanol–water partition coefficient (Wildman–Crippen LogP) is 3.65. The SMILES string of the molecule is CCc1nn2c(c1-c1ccccc1)NC(=O)C2CC(=O)Nc1cc(OC)ccc1OC. The molecule has 2 N–H and O–H groups in total. The summed E-state index contributed by atoms with van der Waals surface area (Å²) in [6.07, 6.45) is 0.651. The average molecular weight is 420 g/mol. The van der Waals surface area contributed by atoms with Crippen LogP contribution in [0.1, 0.15) is 25.1 Å². The molecule has 1 atom stereocenters. The van der Waals surface area contributed by atoms with Crippen LogP contribution in [0.2, 0.25) is 0 Å². The van der Waals surface area contributed by atoms with E-state index in [1.807, 2.05) is 37.3 Å². The number of nitrogens with one attached hydrogen (secondary N) is 2. The molecule has 0 spiro atoms. The molecule has 160 valence electrons. The van der Waals surface area contributed by atoms with E-state index in [9.17, 15) is 9.59 Å². The minimum Gasteiger partial charge on any atom is -0.497 e. The molecule has 1 aromatic heterocycles. The van der Waals surface area contributed by atoms with E-state index in [0.29, 0.717) is 29.4 Å². The zero-order chi connectivity index (χ0) is 22.0. The van der Waals surface area contributed by atoms with E-state index in [1.165, 1.54) is 7.11 Å². The minimum absolute atomic E-state index is 0.0573. The molecule has 2 amide bonds. The molecule has 0 saturated heterocycles. The van der Waals surface area contributed by atoms with Crippen LogP contribution in [0.3, 0.4) is 0 Å². The highest BCUT2D eigenvalue weighted by molar-refractivity contribution is 6.04. The lowest BCUT2D eigenvalue weighted by atomic mass is 10.0. The maximum Gasteiger partial charge on any atom is 0.251 e. The Bertz CT molecular complexity index is 1120. The number of aryl methyl sites for hydroxylation is 1. The Balaban J connectivity index is 1.60. The Morgan fingerprint density at radius 1 is 1.16 bits per heavy atom. The average Bonchev–Trinajstić information content (AvgIpc) is 3.29. The standard InChI is InChI=1S/C23H24N4O4/c1-4-16-21(14-8-6-5-7-9-14)22-25-23(29)18(27(22)26-16)13-20(28)24-17-12-15(30-2)10-11-19(17)31-3/h5-12,18H,4,13H2,1-3H3,(H,24,28)(H,25,29). The fourth-order valence-electron chi connectivity index (χ4n) is 3.76. The van der Waals surface area contributed by atoms with Crippen LogP contribution in [-0.4, -0.2) is 35.8 Å². The van der Waals surface area contributed by atoms with Crippen molar-refractivity contribution >= 4 is 23.3 Å². The van der Waals surface area contributed by atoms with Crippen molar-refractivity contribution in [3.8, 4) is 22.6 Å². The number of rotatable bonds is 7. The van der Waals surface area contributed by atoms with Gasteiger partial charge in [-0.1, -0.05) is 37.3 Å². The number of fused-ring (bicyclic) bond motifs is 1. The van der Waals surface area contributed by atoms with Gasteiger partial charge in [-0.05, 0) is 24.1 Å². The predicted molar refractivity (Wildman–Crippen MR) is 118 cm³/mol. The summed E-state index contributed by atoms with van der Waals surface area (Å²) >= 11 is 0. The summed E-state index contributed by atoms with van der Waals surface area (Å²) in [6, 6.07) is 14.2. The molecule has 4 rings (SSSR count). The van der Waals surface area contributed by atoms with Crippen molar-refractivity contribution < 1.29 is 19.1 Å². The Morgan fingerprint density at radius 2 is 1.94 bits per heavy atom. The number of ether oxygens (including phenoxy) is 2. The zero-order valence-corrected chi connectivity index (χ0v) is 17.6. The van der Waals surface area contributed by atoms with Gasteiger partial charge in [0.05, 0.1) is 32.0 Å². The smallest absolute Gasteiger partial charge is 0.251 e. The largest absolute Gasteiger partial charge is 0.497 e. The van der Waals surface area contributed by atoms with E-state index >= 15 is 0 Å². The Hall–Kier alpha value is -3.81. The van der Waals surface area contributed by atoms with Crippen molar-refractivity contribution in [3.05, 3.63) is 54.2 Å². The van der Waals surface area contributed by atoms with E-state index in [0.717, 1.165) is 16.8 Å². The van der Waals surface area contributed by atoms with E-state index in [-0.39, 0.29) is 18.2 Å². The van der Waals surface area contributed by atoms with Gasteiger partial charge in [0, 0.05) is 11.6 Å². The van der Waals surface area contributed by atoms with E-state index in [2.05, 4.69) is 15.7 Å². The maximum absolute atomic E-state index is 12.8. The van der Waals surface area contributed by atoms with Gasteiger partial charge >= 0.3 is 0 Å². The molecule has 8 heteroatoms. The number of benzene rings is 2. The van der Waals surface area contributed by atoms with Crippen molar-refractivity contribution in [2.45, 2.75) is 25.8 Å².